The standard InChI is InChI=1S/C10H18F2N2O2/c11-9(12)7-16-4-2-10(15)14-3-1-8(5-13)6-14/h8-9H,1-7,13H2. The van der Waals surface area contributed by atoms with Crippen LogP contribution in [0.2, 0.25) is 0 Å². The summed E-state index contributed by atoms with van der Waals surface area (Å²) in [5, 5.41) is 0. The van der Waals surface area contributed by atoms with Gasteiger partial charge in [-0.05, 0) is 18.9 Å². The molecule has 0 saturated carbocycles. The Morgan fingerprint density at radius 1 is 1.56 bits per heavy atom. The Labute approximate surface area is 93.7 Å². The summed E-state index contributed by atoms with van der Waals surface area (Å²) in [5.74, 6) is 0.344. The Hall–Kier alpha value is -0.750. The minimum Gasteiger partial charge on any atom is -0.375 e. The number of nitrogens with two attached hydrogens (primary N) is 1. The van der Waals surface area contributed by atoms with Crippen LogP contribution in [-0.4, -0.2) is 50.1 Å². The molecule has 1 aliphatic heterocycles. The molecule has 1 atom stereocenters. The Morgan fingerprint density at radius 3 is 2.88 bits per heavy atom. The summed E-state index contributed by atoms with van der Waals surface area (Å²) >= 11 is 0. The molecule has 0 aromatic rings. The number of hydrogen-bond acceptors (Lipinski definition) is 3. The SMILES string of the molecule is NCC1CCN(C(=O)CCOCC(F)F)C1. The molecule has 1 aliphatic rings. The van der Waals surface area contributed by atoms with Crippen molar-refractivity contribution in [3.63, 3.8) is 0 Å². The maximum Gasteiger partial charge on any atom is 0.261 e. The fourth-order valence-corrected chi connectivity index (χ4v) is 1.74. The number of carbonyl (C=O) groups excluding carboxylic acids is 1. The molecular formula is C10H18F2N2O2. The molecule has 1 fully saturated rings. The minimum atomic E-state index is -2.47. The van der Waals surface area contributed by atoms with Gasteiger partial charge in [-0.1, -0.05) is 0 Å². The average molecular weight is 236 g/mol. The number of alkyl halides is 2. The fraction of sp³-hybridized carbons (Fsp3) is 0.900. The maximum absolute atomic E-state index is 11.7. The van der Waals surface area contributed by atoms with Crippen LogP contribution in [0.3, 0.4) is 0 Å². The van der Waals surface area contributed by atoms with Gasteiger partial charge in [-0.15, -0.1) is 0 Å². The van der Waals surface area contributed by atoms with E-state index >= 15 is 0 Å². The van der Waals surface area contributed by atoms with Gasteiger partial charge in [0.25, 0.3) is 6.43 Å². The lowest BCUT2D eigenvalue weighted by molar-refractivity contribution is -0.131. The van der Waals surface area contributed by atoms with Gasteiger partial charge in [0.2, 0.25) is 5.91 Å². The van der Waals surface area contributed by atoms with E-state index in [1.54, 1.807) is 4.90 Å². The van der Waals surface area contributed by atoms with Crippen LogP contribution in [-0.2, 0) is 9.53 Å². The van der Waals surface area contributed by atoms with Crippen LogP contribution in [0.1, 0.15) is 12.8 Å². The van der Waals surface area contributed by atoms with Crippen LogP contribution < -0.4 is 5.73 Å². The fourth-order valence-electron chi connectivity index (χ4n) is 1.74. The third-order valence-corrected chi connectivity index (χ3v) is 2.68. The molecule has 16 heavy (non-hydrogen) atoms. The Bertz CT molecular complexity index is 227. The first-order valence-electron chi connectivity index (χ1n) is 5.47. The van der Waals surface area contributed by atoms with Crippen LogP contribution >= 0.6 is 0 Å². The summed E-state index contributed by atoms with van der Waals surface area (Å²) in [4.78, 5) is 13.3. The lowest BCUT2D eigenvalue weighted by Gasteiger charge is -2.16. The molecule has 1 saturated heterocycles. The molecular weight excluding hydrogens is 218 g/mol. The molecule has 94 valence electrons. The van der Waals surface area contributed by atoms with E-state index in [9.17, 15) is 13.6 Å². The van der Waals surface area contributed by atoms with Crippen molar-refractivity contribution < 1.29 is 18.3 Å². The van der Waals surface area contributed by atoms with Crippen LogP contribution in [0.25, 0.3) is 0 Å². The molecule has 1 heterocycles. The van der Waals surface area contributed by atoms with Gasteiger partial charge in [-0.3, -0.25) is 4.79 Å². The Balaban J connectivity index is 2.11. The van der Waals surface area contributed by atoms with Crippen LogP contribution in [0.4, 0.5) is 8.78 Å². The zero-order valence-electron chi connectivity index (χ0n) is 9.20. The van der Waals surface area contributed by atoms with Crippen molar-refractivity contribution in [3.05, 3.63) is 0 Å². The topological polar surface area (TPSA) is 55.6 Å². The van der Waals surface area contributed by atoms with Crippen LogP contribution in [0.5, 0.6) is 0 Å². The third kappa shape index (κ3) is 4.40. The number of likely N-dealkylation sites (tertiary alicyclic amines) is 1. The van der Waals surface area contributed by atoms with Crippen molar-refractivity contribution in [1.29, 1.82) is 0 Å². The number of carbonyl (C=O) groups is 1. The van der Waals surface area contributed by atoms with E-state index < -0.39 is 13.0 Å². The highest BCUT2D eigenvalue weighted by molar-refractivity contribution is 5.76. The first kappa shape index (κ1) is 13.3. The van der Waals surface area contributed by atoms with Crippen molar-refractivity contribution in [3.8, 4) is 0 Å². The van der Waals surface area contributed by atoms with E-state index in [1.807, 2.05) is 0 Å². The Kier molecular flexibility index (Phi) is 5.62. The van der Waals surface area contributed by atoms with Gasteiger partial charge in [0.15, 0.2) is 0 Å². The molecule has 1 rings (SSSR count). The van der Waals surface area contributed by atoms with Gasteiger partial charge in [0, 0.05) is 13.1 Å². The number of ether oxygens (including phenoxy) is 1. The van der Waals surface area contributed by atoms with Crippen molar-refractivity contribution in [1.82, 2.24) is 4.90 Å². The maximum atomic E-state index is 11.7. The van der Waals surface area contributed by atoms with Gasteiger partial charge >= 0.3 is 0 Å². The zero-order chi connectivity index (χ0) is 12.0. The second kappa shape index (κ2) is 6.75. The van der Waals surface area contributed by atoms with Crippen molar-refractivity contribution in [2.45, 2.75) is 19.3 Å². The summed E-state index contributed by atoms with van der Waals surface area (Å²) in [6, 6.07) is 0. The molecule has 1 unspecified atom stereocenters. The van der Waals surface area contributed by atoms with Crippen molar-refractivity contribution >= 4 is 5.91 Å². The second-order valence-corrected chi connectivity index (χ2v) is 3.95. The van der Waals surface area contributed by atoms with E-state index in [-0.39, 0.29) is 18.9 Å². The number of rotatable bonds is 6. The lowest BCUT2D eigenvalue weighted by atomic mass is 10.1. The highest BCUT2D eigenvalue weighted by atomic mass is 19.3. The minimum absolute atomic E-state index is 0.0368. The van der Waals surface area contributed by atoms with Crippen molar-refractivity contribution in [2.24, 2.45) is 11.7 Å². The number of hydrogen-bond donors (Lipinski definition) is 1. The summed E-state index contributed by atoms with van der Waals surface area (Å²) < 4.78 is 28.1. The monoisotopic (exact) mass is 236 g/mol. The van der Waals surface area contributed by atoms with Crippen LogP contribution in [0, 0.1) is 5.92 Å². The summed E-state index contributed by atoms with van der Waals surface area (Å²) in [5.41, 5.74) is 5.51. The first-order chi connectivity index (χ1) is 7.63. The number of nitrogens with zero attached hydrogens (tertiary/aromatic N) is 1. The van der Waals surface area contributed by atoms with E-state index in [0.717, 1.165) is 13.0 Å². The normalized spacial score (nSPS) is 20.8. The van der Waals surface area contributed by atoms with Crippen molar-refractivity contribution in [2.75, 3.05) is 32.8 Å². The van der Waals surface area contributed by atoms with E-state index in [2.05, 4.69) is 4.74 Å². The van der Waals surface area contributed by atoms with E-state index in [1.165, 1.54) is 0 Å². The van der Waals surface area contributed by atoms with Gasteiger partial charge in [0.1, 0.15) is 6.61 Å². The first-order valence-corrected chi connectivity index (χ1v) is 5.47. The number of halogens is 2. The van der Waals surface area contributed by atoms with Gasteiger partial charge in [0.05, 0.1) is 13.0 Å². The van der Waals surface area contributed by atoms with Gasteiger partial charge in [-0.25, -0.2) is 8.78 Å². The second-order valence-electron chi connectivity index (χ2n) is 3.95. The molecule has 1 amide bonds. The van der Waals surface area contributed by atoms with Crippen LogP contribution in [0.15, 0.2) is 0 Å². The summed E-state index contributed by atoms with van der Waals surface area (Å²) in [7, 11) is 0. The predicted octanol–water partition coefficient (Wildman–Crippen LogP) is 0.465. The highest BCUT2D eigenvalue weighted by Crippen LogP contribution is 2.15. The lowest BCUT2D eigenvalue weighted by Crippen LogP contribution is -2.30. The smallest absolute Gasteiger partial charge is 0.261 e. The van der Waals surface area contributed by atoms with Gasteiger partial charge < -0.3 is 15.4 Å². The number of amides is 1. The average Bonchev–Trinajstić information content (AvgIpc) is 2.72. The quantitative estimate of drug-likeness (QED) is 0.682. The molecule has 6 heteroatoms. The largest absolute Gasteiger partial charge is 0.375 e. The zero-order valence-corrected chi connectivity index (χ0v) is 9.20. The molecule has 2 N–H and O–H groups in total. The predicted molar refractivity (Wildman–Crippen MR) is 55.2 cm³/mol. The Morgan fingerprint density at radius 2 is 2.31 bits per heavy atom. The summed E-state index contributed by atoms with van der Waals surface area (Å²) in [6.45, 7) is 1.46. The van der Waals surface area contributed by atoms with E-state index in [4.69, 9.17) is 5.73 Å². The molecule has 0 aromatic heterocycles. The molecule has 0 aliphatic carbocycles. The molecule has 0 bridgehead atoms. The molecule has 0 aromatic carbocycles. The molecule has 0 spiro atoms. The van der Waals surface area contributed by atoms with Gasteiger partial charge in [-0.2, -0.15) is 0 Å². The molecule has 4 nitrogen and oxygen atoms in total. The van der Waals surface area contributed by atoms with E-state index in [0.29, 0.717) is 19.0 Å². The highest BCUT2D eigenvalue weighted by Gasteiger charge is 2.24. The summed E-state index contributed by atoms with van der Waals surface area (Å²) in [6.07, 6.45) is -1.37. The molecule has 0 radical (unpaired) electrons. The third-order valence-electron chi connectivity index (χ3n) is 2.68.